The Labute approximate surface area is 214 Å². The molecular weight excluding hydrogens is 500 g/mol. The Morgan fingerprint density at radius 3 is 2.31 bits per heavy atom. The second kappa shape index (κ2) is 9.96. The van der Waals surface area contributed by atoms with Crippen LogP contribution in [0.5, 0.6) is 11.6 Å². The van der Waals surface area contributed by atoms with Gasteiger partial charge in [0.1, 0.15) is 17.1 Å². The fourth-order valence-corrected chi connectivity index (χ4v) is 4.87. The van der Waals surface area contributed by atoms with E-state index in [2.05, 4.69) is 9.97 Å². The first-order valence-corrected chi connectivity index (χ1v) is 12.7. The molecule has 2 aromatic heterocycles. The fourth-order valence-electron chi connectivity index (χ4n) is 3.73. The monoisotopic (exact) mass is 522 g/mol. The van der Waals surface area contributed by atoms with E-state index in [9.17, 15) is 13.2 Å². The number of aromatic nitrogens is 2. The van der Waals surface area contributed by atoms with Gasteiger partial charge < -0.3 is 10.5 Å². The van der Waals surface area contributed by atoms with Crippen LogP contribution in [-0.4, -0.2) is 24.3 Å². The molecule has 0 saturated heterocycles. The van der Waals surface area contributed by atoms with Crippen molar-refractivity contribution in [1.29, 1.82) is 0 Å². The zero-order valence-corrected chi connectivity index (χ0v) is 21.3. The van der Waals surface area contributed by atoms with Crippen molar-refractivity contribution in [2.24, 2.45) is 0 Å². The normalized spacial score (nSPS) is 11.2. The third-order valence-corrected chi connectivity index (χ3v) is 6.74. The van der Waals surface area contributed by atoms with Crippen molar-refractivity contribution in [3.8, 4) is 22.9 Å². The van der Waals surface area contributed by atoms with Crippen LogP contribution in [0.4, 0.5) is 5.82 Å². The predicted molar refractivity (Wildman–Crippen MR) is 139 cm³/mol. The standard InChI is InChI=1S/C26H23ClN4O4S/c1-15-12-16(2)24(17(3)13-15)35-26-20(10-11-21(29-26)18-6-4-7-19(27)14-18)25(32)31-36(33,34)23-9-5-8-22(28)30-23/h4-14H,1-3H3,(H2,28,30)(H,31,32). The van der Waals surface area contributed by atoms with E-state index in [4.69, 9.17) is 22.1 Å². The van der Waals surface area contributed by atoms with Crippen molar-refractivity contribution < 1.29 is 17.9 Å². The van der Waals surface area contributed by atoms with E-state index in [0.29, 0.717) is 22.0 Å². The maximum Gasteiger partial charge on any atom is 0.281 e. The second-order valence-corrected chi connectivity index (χ2v) is 10.3. The lowest BCUT2D eigenvalue weighted by molar-refractivity contribution is 0.0978. The number of halogens is 1. The number of rotatable bonds is 6. The summed E-state index contributed by atoms with van der Waals surface area (Å²) in [6.07, 6.45) is 0. The fraction of sp³-hybridized carbons (Fsp3) is 0.115. The van der Waals surface area contributed by atoms with Gasteiger partial charge in [-0.25, -0.2) is 14.7 Å². The van der Waals surface area contributed by atoms with Crippen LogP contribution in [0.3, 0.4) is 0 Å². The third kappa shape index (κ3) is 5.48. The summed E-state index contributed by atoms with van der Waals surface area (Å²) in [6.45, 7) is 5.73. The number of pyridine rings is 2. The third-order valence-electron chi connectivity index (χ3n) is 5.28. The van der Waals surface area contributed by atoms with Gasteiger partial charge >= 0.3 is 0 Å². The number of anilines is 1. The molecule has 2 aromatic carbocycles. The van der Waals surface area contributed by atoms with Gasteiger partial charge in [0.2, 0.25) is 5.88 Å². The molecule has 0 fully saturated rings. The van der Waals surface area contributed by atoms with Gasteiger partial charge in [-0.3, -0.25) is 4.79 Å². The van der Waals surface area contributed by atoms with Crippen LogP contribution in [0.15, 0.2) is 71.8 Å². The van der Waals surface area contributed by atoms with Crippen molar-refractivity contribution in [2.45, 2.75) is 25.8 Å². The molecule has 0 saturated carbocycles. The Morgan fingerprint density at radius 1 is 0.944 bits per heavy atom. The van der Waals surface area contributed by atoms with Gasteiger partial charge in [0, 0.05) is 10.6 Å². The minimum Gasteiger partial charge on any atom is -0.438 e. The first-order chi connectivity index (χ1) is 17.0. The summed E-state index contributed by atoms with van der Waals surface area (Å²) in [5.74, 6) is -0.462. The van der Waals surface area contributed by atoms with E-state index < -0.39 is 15.9 Å². The Balaban J connectivity index is 1.78. The lowest BCUT2D eigenvalue weighted by Crippen LogP contribution is -2.31. The van der Waals surface area contributed by atoms with Gasteiger partial charge in [-0.2, -0.15) is 8.42 Å². The molecule has 10 heteroatoms. The molecule has 0 bridgehead atoms. The van der Waals surface area contributed by atoms with Crippen LogP contribution in [0.1, 0.15) is 27.0 Å². The Kier molecular flexibility index (Phi) is 6.96. The molecule has 184 valence electrons. The molecule has 0 atom stereocenters. The number of nitrogens with two attached hydrogens (primary N) is 1. The van der Waals surface area contributed by atoms with Gasteiger partial charge in [-0.15, -0.1) is 0 Å². The number of amides is 1. The minimum absolute atomic E-state index is 0.00668. The first kappa shape index (κ1) is 25.2. The molecule has 0 aliphatic heterocycles. The van der Waals surface area contributed by atoms with Crippen molar-refractivity contribution in [2.75, 3.05) is 5.73 Å². The summed E-state index contributed by atoms with van der Waals surface area (Å²) >= 11 is 6.14. The molecule has 36 heavy (non-hydrogen) atoms. The average Bonchev–Trinajstić information content (AvgIpc) is 2.81. The number of benzene rings is 2. The van der Waals surface area contributed by atoms with E-state index in [1.54, 1.807) is 24.3 Å². The lowest BCUT2D eigenvalue weighted by atomic mass is 10.1. The van der Waals surface area contributed by atoms with Crippen molar-refractivity contribution in [3.63, 3.8) is 0 Å². The number of carbonyl (C=O) groups excluding carboxylic acids is 1. The number of nitrogens with one attached hydrogen (secondary N) is 1. The number of nitrogen functional groups attached to an aromatic ring is 1. The van der Waals surface area contributed by atoms with Gasteiger partial charge in [0.25, 0.3) is 15.9 Å². The van der Waals surface area contributed by atoms with E-state index in [-0.39, 0.29) is 22.3 Å². The smallest absolute Gasteiger partial charge is 0.281 e. The number of nitrogens with zero attached hydrogens (tertiary/aromatic N) is 2. The van der Waals surface area contributed by atoms with E-state index >= 15 is 0 Å². The van der Waals surface area contributed by atoms with Crippen molar-refractivity contribution >= 4 is 33.3 Å². The molecule has 0 radical (unpaired) electrons. The summed E-state index contributed by atoms with van der Waals surface area (Å²) in [7, 11) is -4.30. The average molecular weight is 523 g/mol. The van der Waals surface area contributed by atoms with Crippen LogP contribution in [0.2, 0.25) is 5.02 Å². The second-order valence-electron chi connectivity index (χ2n) is 8.22. The van der Waals surface area contributed by atoms with Gasteiger partial charge in [-0.05, 0) is 68.3 Å². The maximum absolute atomic E-state index is 13.2. The van der Waals surface area contributed by atoms with Crippen LogP contribution in [-0.2, 0) is 10.0 Å². The SMILES string of the molecule is Cc1cc(C)c(Oc2nc(-c3cccc(Cl)c3)ccc2C(=O)NS(=O)(=O)c2cccc(N)n2)c(C)c1. The topological polar surface area (TPSA) is 124 Å². The molecule has 0 aliphatic rings. The quantitative estimate of drug-likeness (QED) is 0.356. The lowest BCUT2D eigenvalue weighted by Gasteiger charge is -2.16. The zero-order valence-electron chi connectivity index (χ0n) is 19.7. The van der Waals surface area contributed by atoms with Crippen molar-refractivity contribution in [3.05, 3.63) is 94.0 Å². The molecule has 2 heterocycles. The summed E-state index contributed by atoms with van der Waals surface area (Å²) in [5.41, 5.74) is 9.45. The number of ether oxygens (including phenoxy) is 1. The molecular formula is C26H23ClN4O4S. The largest absolute Gasteiger partial charge is 0.438 e. The van der Waals surface area contributed by atoms with Gasteiger partial charge in [0.15, 0.2) is 5.03 Å². The number of hydrogen-bond donors (Lipinski definition) is 2. The highest BCUT2D eigenvalue weighted by molar-refractivity contribution is 7.90. The van der Waals surface area contributed by atoms with Crippen LogP contribution in [0, 0.1) is 20.8 Å². The van der Waals surface area contributed by atoms with E-state index in [1.807, 2.05) is 43.7 Å². The first-order valence-electron chi connectivity index (χ1n) is 10.9. The van der Waals surface area contributed by atoms with Gasteiger partial charge in [-0.1, -0.05) is 47.5 Å². The summed E-state index contributed by atoms with van der Waals surface area (Å²) in [5, 5.41) is 0.136. The number of hydrogen-bond acceptors (Lipinski definition) is 7. The predicted octanol–water partition coefficient (Wildman–Crippen LogP) is 5.22. The van der Waals surface area contributed by atoms with Crippen LogP contribution < -0.4 is 15.2 Å². The molecule has 0 aliphatic carbocycles. The zero-order chi connectivity index (χ0) is 26.0. The minimum atomic E-state index is -4.30. The Hall–Kier alpha value is -3.95. The van der Waals surface area contributed by atoms with E-state index in [1.165, 1.54) is 24.3 Å². The number of aryl methyl sites for hydroxylation is 3. The highest BCUT2D eigenvalue weighted by Gasteiger charge is 2.25. The molecule has 4 aromatic rings. The number of sulfonamides is 1. The Morgan fingerprint density at radius 2 is 1.64 bits per heavy atom. The maximum atomic E-state index is 13.2. The summed E-state index contributed by atoms with van der Waals surface area (Å²) in [6, 6.07) is 18.1. The van der Waals surface area contributed by atoms with Gasteiger partial charge in [0.05, 0.1) is 5.69 Å². The Bertz CT molecular complexity index is 1570. The molecule has 3 N–H and O–H groups in total. The molecule has 0 spiro atoms. The molecule has 4 rings (SSSR count). The molecule has 8 nitrogen and oxygen atoms in total. The highest BCUT2D eigenvalue weighted by Crippen LogP contribution is 2.33. The van der Waals surface area contributed by atoms with Crippen LogP contribution in [0.25, 0.3) is 11.3 Å². The van der Waals surface area contributed by atoms with Crippen molar-refractivity contribution in [1.82, 2.24) is 14.7 Å². The van der Waals surface area contributed by atoms with Crippen LogP contribution >= 0.6 is 11.6 Å². The summed E-state index contributed by atoms with van der Waals surface area (Å²) in [4.78, 5) is 21.5. The molecule has 0 unspecified atom stereocenters. The molecule has 1 amide bonds. The summed E-state index contributed by atoms with van der Waals surface area (Å²) < 4.78 is 33.7. The highest BCUT2D eigenvalue weighted by atomic mass is 35.5. The van der Waals surface area contributed by atoms with E-state index in [0.717, 1.165) is 16.7 Å². The number of carbonyl (C=O) groups is 1.